The summed E-state index contributed by atoms with van der Waals surface area (Å²) in [7, 11) is 0. The largest absolute Gasteiger partial charge is 0.253 e. The minimum atomic E-state index is -0.114. The molecule has 0 N–H and O–H groups in total. The monoisotopic (exact) mass is 170 g/mol. The van der Waals surface area contributed by atoms with Gasteiger partial charge in [-0.3, -0.25) is 5.01 Å². The quantitative estimate of drug-likeness (QED) is 0.471. The van der Waals surface area contributed by atoms with Crippen LogP contribution in [0.2, 0.25) is 0 Å². The Bertz CT molecular complexity index is 156. The SMILES string of the molecule is CC(C)(C)N(N=O)C1CCCC1. The molecule has 0 aromatic carbocycles. The van der Waals surface area contributed by atoms with E-state index in [9.17, 15) is 4.91 Å². The fourth-order valence-corrected chi connectivity index (χ4v) is 1.89. The minimum absolute atomic E-state index is 0.114. The molecule has 0 atom stereocenters. The van der Waals surface area contributed by atoms with Crippen LogP contribution in [0.1, 0.15) is 46.5 Å². The molecule has 1 saturated carbocycles. The van der Waals surface area contributed by atoms with Crippen LogP contribution >= 0.6 is 0 Å². The first kappa shape index (κ1) is 9.49. The van der Waals surface area contributed by atoms with Crippen LogP contribution in [0.25, 0.3) is 0 Å². The lowest BCUT2D eigenvalue weighted by Gasteiger charge is -2.34. The van der Waals surface area contributed by atoms with Crippen molar-refractivity contribution in [2.24, 2.45) is 5.29 Å². The van der Waals surface area contributed by atoms with E-state index < -0.39 is 0 Å². The molecule has 0 unspecified atom stereocenters. The van der Waals surface area contributed by atoms with Crippen molar-refractivity contribution in [1.29, 1.82) is 0 Å². The van der Waals surface area contributed by atoms with E-state index in [-0.39, 0.29) is 5.54 Å². The van der Waals surface area contributed by atoms with E-state index in [0.29, 0.717) is 6.04 Å². The highest BCUT2D eigenvalue weighted by Gasteiger charge is 2.30. The molecule has 0 aromatic rings. The maximum atomic E-state index is 10.6. The van der Waals surface area contributed by atoms with Crippen LogP contribution in [0.3, 0.4) is 0 Å². The van der Waals surface area contributed by atoms with Crippen LogP contribution in [0.4, 0.5) is 0 Å². The van der Waals surface area contributed by atoms with Gasteiger partial charge in [0.25, 0.3) is 0 Å². The Morgan fingerprint density at radius 3 is 2.08 bits per heavy atom. The van der Waals surface area contributed by atoms with Crippen LogP contribution in [-0.4, -0.2) is 16.6 Å². The molecule has 12 heavy (non-hydrogen) atoms. The summed E-state index contributed by atoms with van der Waals surface area (Å²) in [5.41, 5.74) is -0.114. The summed E-state index contributed by atoms with van der Waals surface area (Å²) in [6, 6.07) is 0.391. The van der Waals surface area contributed by atoms with Gasteiger partial charge in [0.05, 0.1) is 16.9 Å². The topological polar surface area (TPSA) is 32.7 Å². The highest BCUT2D eigenvalue weighted by Crippen LogP contribution is 2.28. The molecule has 3 heteroatoms. The number of hydrogen-bond acceptors (Lipinski definition) is 2. The third kappa shape index (κ3) is 1.96. The molecule has 70 valence electrons. The number of rotatable bonds is 2. The van der Waals surface area contributed by atoms with E-state index in [1.807, 2.05) is 20.8 Å². The lowest BCUT2D eigenvalue weighted by atomic mass is 10.1. The molecular formula is C9H18N2O. The predicted molar refractivity (Wildman–Crippen MR) is 49.6 cm³/mol. The molecule has 1 rings (SSSR count). The summed E-state index contributed by atoms with van der Waals surface area (Å²) in [5.74, 6) is 0. The second kappa shape index (κ2) is 3.42. The molecule has 0 amide bonds. The Morgan fingerprint density at radius 2 is 1.75 bits per heavy atom. The van der Waals surface area contributed by atoms with Crippen molar-refractivity contribution >= 4 is 0 Å². The Balaban J connectivity index is 2.60. The molecule has 0 bridgehead atoms. The molecule has 1 aliphatic rings. The molecule has 0 aromatic heterocycles. The van der Waals surface area contributed by atoms with Gasteiger partial charge in [0, 0.05) is 0 Å². The normalized spacial score (nSPS) is 19.6. The van der Waals surface area contributed by atoms with E-state index in [0.717, 1.165) is 12.8 Å². The summed E-state index contributed by atoms with van der Waals surface area (Å²) in [5, 5.41) is 4.85. The third-order valence-corrected chi connectivity index (χ3v) is 2.45. The minimum Gasteiger partial charge on any atom is -0.253 e. The van der Waals surface area contributed by atoms with Crippen LogP contribution in [0.15, 0.2) is 5.29 Å². The molecule has 1 aliphatic carbocycles. The summed E-state index contributed by atoms with van der Waals surface area (Å²) in [6.45, 7) is 6.10. The molecule has 0 spiro atoms. The van der Waals surface area contributed by atoms with Crippen molar-refractivity contribution in [3.8, 4) is 0 Å². The summed E-state index contributed by atoms with van der Waals surface area (Å²) < 4.78 is 0. The number of nitrogens with zero attached hydrogens (tertiary/aromatic N) is 2. The highest BCUT2D eigenvalue weighted by atomic mass is 16.3. The zero-order valence-corrected chi connectivity index (χ0v) is 8.21. The second-order valence-corrected chi connectivity index (χ2v) is 4.54. The average molecular weight is 170 g/mol. The molecule has 3 nitrogen and oxygen atoms in total. The lowest BCUT2D eigenvalue weighted by molar-refractivity contribution is 0.0862. The van der Waals surface area contributed by atoms with E-state index in [2.05, 4.69) is 5.29 Å². The van der Waals surface area contributed by atoms with E-state index in [4.69, 9.17) is 0 Å². The first-order valence-corrected chi connectivity index (χ1v) is 4.68. The van der Waals surface area contributed by atoms with Gasteiger partial charge in [-0.25, -0.2) is 0 Å². The van der Waals surface area contributed by atoms with Crippen molar-refractivity contribution < 1.29 is 0 Å². The Labute approximate surface area is 74.1 Å². The van der Waals surface area contributed by atoms with Crippen molar-refractivity contribution in [2.75, 3.05) is 0 Å². The fourth-order valence-electron chi connectivity index (χ4n) is 1.89. The van der Waals surface area contributed by atoms with Crippen molar-refractivity contribution in [3.63, 3.8) is 0 Å². The molecular weight excluding hydrogens is 152 g/mol. The zero-order chi connectivity index (χ0) is 9.19. The number of hydrogen-bond donors (Lipinski definition) is 0. The van der Waals surface area contributed by atoms with E-state index >= 15 is 0 Å². The molecule has 0 saturated heterocycles. The maximum Gasteiger partial charge on any atom is 0.0531 e. The van der Waals surface area contributed by atoms with Crippen LogP contribution in [0, 0.1) is 4.91 Å². The Morgan fingerprint density at radius 1 is 1.25 bits per heavy atom. The maximum absolute atomic E-state index is 10.6. The predicted octanol–water partition coefficient (Wildman–Crippen LogP) is 2.71. The van der Waals surface area contributed by atoms with Gasteiger partial charge in [-0.1, -0.05) is 12.8 Å². The standard InChI is InChI=1S/C9H18N2O/c1-9(2,3)11(10-12)8-6-4-5-7-8/h8H,4-7H2,1-3H3. The third-order valence-electron chi connectivity index (χ3n) is 2.45. The Kier molecular flexibility index (Phi) is 2.70. The van der Waals surface area contributed by atoms with Gasteiger partial charge in [-0.2, -0.15) is 0 Å². The molecule has 0 radical (unpaired) electrons. The summed E-state index contributed by atoms with van der Waals surface area (Å²) >= 11 is 0. The lowest BCUT2D eigenvalue weighted by Crippen LogP contribution is -2.42. The average Bonchev–Trinajstić information content (AvgIpc) is 2.38. The zero-order valence-electron chi connectivity index (χ0n) is 8.21. The smallest absolute Gasteiger partial charge is 0.0531 e. The fraction of sp³-hybridized carbons (Fsp3) is 1.00. The van der Waals surface area contributed by atoms with Crippen LogP contribution in [0.5, 0.6) is 0 Å². The van der Waals surface area contributed by atoms with Crippen LogP contribution < -0.4 is 0 Å². The van der Waals surface area contributed by atoms with Gasteiger partial charge in [0.1, 0.15) is 0 Å². The molecule has 0 heterocycles. The van der Waals surface area contributed by atoms with E-state index in [1.165, 1.54) is 12.8 Å². The van der Waals surface area contributed by atoms with Gasteiger partial charge in [0.15, 0.2) is 0 Å². The van der Waals surface area contributed by atoms with Gasteiger partial charge in [-0.05, 0) is 33.6 Å². The first-order chi connectivity index (χ1) is 5.55. The van der Waals surface area contributed by atoms with Crippen molar-refractivity contribution in [1.82, 2.24) is 5.01 Å². The van der Waals surface area contributed by atoms with Crippen LogP contribution in [-0.2, 0) is 0 Å². The number of nitroso groups, excluding NO2 is 1. The van der Waals surface area contributed by atoms with Gasteiger partial charge in [0.2, 0.25) is 0 Å². The molecule has 1 fully saturated rings. The summed E-state index contributed by atoms with van der Waals surface area (Å²) in [6.07, 6.45) is 4.74. The van der Waals surface area contributed by atoms with Crippen molar-refractivity contribution in [2.45, 2.75) is 58.0 Å². The summed E-state index contributed by atoms with van der Waals surface area (Å²) in [4.78, 5) is 10.6. The van der Waals surface area contributed by atoms with Gasteiger partial charge < -0.3 is 0 Å². The second-order valence-electron chi connectivity index (χ2n) is 4.54. The van der Waals surface area contributed by atoms with Crippen molar-refractivity contribution in [3.05, 3.63) is 4.91 Å². The van der Waals surface area contributed by atoms with Gasteiger partial charge in [-0.15, -0.1) is 4.91 Å². The molecule has 0 aliphatic heterocycles. The van der Waals surface area contributed by atoms with Gasteiger partial charge >= 0.3 is 0 Å². The first-order valence-electron chi connectivity index (χ1n) is 4.68. The van der Waals surface area contributed by atoms with E-state index in [1.54, 1.807) is 5.01 Å². The Hall–Kier alpha value is -0.600. The highest BCUT2D eigenvalue weighted by molar-refractivity contribution is 4.83.